The van der Waals surface area contributed by atoms with E-state index >= 15 is 0 Å². The molecule has 0 aliphatic rings. The zero-order valence-corrected chi connectivity index (χ0v) is 11.6. The highest BCUT2D eigenvalue weighted by molar-refractivity contribution is 5.46. The molecule has 0 aliphatic carbocycles. The van der Waals surface area contributed by atoms with Gasteiger partial charge >= 0.3 is 0 Å². The van der Waals surface area contributed by atoms with Crippen LogP contribution in [0.5, 0.6) is 0 Å². The van der Waals surface area contributed by atoms with Gasteiger partial charge in [-0.05, 0) is 41.0 Å². The van der Waals surface area contributed by atoms with Crippen LogP contribution in [0.25, 0.3) is 0 Å². The van der Waals surface area contributed by atoms with Crippen molar-refractivity contribution in [2.24, 2.45) is 0 Å². The number of aryl methyl sites for hydroxylation is 2. The molecule has 1 heterocycles. The van der Waals surface area contributed by atoms with E-state index in [-0.39, 0.29) is 0 Å². The van der Waals surface area contributed by atoms with Crippen LogP contribution >= 0.6 is 0 Å². The van der Waals surface area contributed by atoms with E-state index in [1.807, 2.05) is 13.1 Å². The molecule has 0 unspecified atom stereocenters. The summed E-state index contributed by atoms with van der Waals surface area (Å²) >= 11 is 0. The van der Waals surface area contributed by atoms with E-state index in [1.165, 1.54) is 5.57 Å². The zero-order chi connectivity index (χ0) is 13.0. The maximum Gasteiger partial charge on any atom is 0.135 e. The Kier molecular flexibility index (Phi) is 4.67. The minimum atomic E-state index is 0.433. The van der Waals surface area contributed by atoms with E-state index in [4.69, 9.17) is 0 Å². The predicted molar refractivity (Wildman–Crippen MR) is 73.4 cm³/mol. The second-order valence-electron chi connectivity index (χ2n) is 4.92. The first kappa shape index (κ1) is 13.7. The molecule has 0 saturated carbocycles. The van der Waals surface area contributed by atoms with Crippen LogP contribution in [0, 0.1) is 13.8 Å². The Labute approximate surface area is 105 Å². The molecule has 0 fully saturated rings. The number of nitrogens with zero attached hydrogens (tertiary/aromatic N) is 3. The average molecular weight is 233 g/mol. The summed E-state index contributed by atoms with van der Waals surface area (Å²) in [6.45, 7) is 15.4. The van der Waals surface area contributed by atoms with Gasteiger partial charge in [0.25, 0.3) is 0 Å². The second-order valence-corrected chi connectivity index (χ2v) is 4.92. The summed E-state index contributed by atoms with van der Waals surface area (Å²) in [4.78, 5) is 11.1. The van der Waals surface area contributed by atoms with Gasteiger partial charge in [-0.15, -0.1) is 6.58 Å². The average Bonchev–Trinajstić information content (AvgIpc) is 2.22. The fourth-order valence-corrected chi connectivity index (χ4v) is 1.73. The number of hydrogen-bond acceptors (Lipinski definition) is 3. The highest BCUT2D eigenvalue weighted by atomic mass is 15.2. The molecule has 1 aromatic rings. The summed E-state index contributed by atoms with van der Waals surface area (Å²) in [6.07, 6.45) is 2.90. The van der Waals surface area contributed by atoms with E-state index in [0.29, 0.717) is 6.04 Å². The molecule has 3 nitrogen and oxygen atoms in total. The van der Waals surface area contributed by atoms with Gasteiger partial charge in [-0.25, -0.2) is 9.97 Å². The number of rotatable bonds is 5. The van der Waals surface area contributed by atoms with E-state index in [1.54, 1.807) is 0 Å². The van der Waals surface area contributed by atoms with Crippen molar-refractivity contribution in [1.29, 1.82) is 0 Å². The topological polar surface area (TPSA) is 29.0 Å². The minimum absolute atomic E-state index is 0.433. The first-order chi connectivity index (χ1) is 7.91. The van der Waals surface area contributed by atoms with Crippen LogP contribution in [0.2, 0.25) is 0 Å². The van der Waals surface area contributed by atoms with Crippen molar-refractivity contribution in [2.75, 3.05) is 11.4 Å². The van der Waals surface area contributed by atoms with Crippen LogP contribution in [-0.4, -0.2) is 22.6 Å². The molecular weight excluding hydrogens is 210 g/mol. The third-order valence-corrected chi connectivity index (χ3v) is 2.74. The van der Waals surface area contributed by atoms with E-state index in [9.17, 15) is 0 Å². The molecule has 17 heavy (non-hydrogen) atoms. The van der Waals surface area contributed by atoms with Gasteiger partial charge in [-0.3, -0.25) is 0 Å². The Morgan fingerprint density at radius 2 is 2.06 bits per heavy atom. The van der Waals surface area contributed by atoms with Crippen molar-refractivity contribution in [2.45, 2.75) is 47.1 Å². The van der Waals surface area contributed by atoms with Gasteiger partial charge < -0.3 is 4.90 Å². The zero-order valence-electron chi connectivity index (χ0n) is 11.6. The summed E-state index contributed by atoms with van der Waals surface area (Å²) in [5.41, 5.74) is 2.34. The molecule has 0 saturated heterocycles. The van der Waals surface area contributed by atoms with Crippen molar-refractivity contribution in [3.05, 3.63) is 29.7 Å². The van der Waals surface area contributed by atoms with Gasteiger partial charge in [0.05, 0.1) is 0 Å². The quantitative estimate of drug-likeness (QED) is 0.731. The number of hydrogen-bond donors (Lipinski definition) is 0. The lowest BCUT2D eigenvalue weighted by molar-refractivity contribution is 0.663. The summed E-state index contributed by atoms with van der Waals surface area (Å²) in [5, 5.41) is 0. The Morgan fingerprint density at radius 3 is 2.59 bits per heavy atom. The number of anilines is 1. The minimum Gasteiger partial charge on any atom is -0.354 e. The highest BCUT2D eigenvalue weighted by Gasteiger charge is 2.14. The van der Waals surface area contributed by atoms with Gasteiger partial charge in [0.1, 0.15) is 11.6 Å². The van der Waals surface area contributed by atoms with E-state index in [2.05, 4.69) is 49.1 Å². The van der Waals surface area contributed by atoms with Crippen molar-refractivity contribution >= 4 is 5.82 Å². The van der Waals surface area contributed by atoms with Gasteiger partial charge in [-0.1, -0.05) is 5.57 Å². The third-order valence-electron chi connectivity index (χ3n) is 2.74. The maximum absolute atomic E-state index is 4.56. The Balaban J connectivity index is 2.96. The van der Waals surface area contributed by atoms with Crippen LogP contribution in [0.1, 0.15) is 38.6 Å². The third kappa shape index (κ3) is 3.84. The largest absolute Gasteiger partial charge is 0.354 e. The molecule has 3 heteroatoms. The van der Waals surface area contributed by atoms with Gasteiger partial charge in [0, 0.05) is 24.3 Å². The molecular formula is C14H23N3. The molecule has 0 amide bonds. The maximum atomic E-state index is 4.56. The fraction of sp³-hybridized carbons (Fsp3) is 0.571. The van der Waals surface area contributed by atoms with Gasteiger partial charge in [-0.2, -0.15) is 0 Å². The molecule has 0 atom stereocenters. The van der Waals surface area contributed by atoms with Crippen molar-refractivity contribution < 1.29 is 0 Å². The molecule has 0 N–H and O–H groups in total. The SMILES string of the molecule is C=C(C)CCN(c1nc(C)ncc1C)C(C)C. The number of aromatic nitrogens is 2. The first-order valence-corrected chi connectivity index (χ1v) is 6.13. The molecule has 1 rings (SSSR count). The van der Waals surface area contributed by atoms with Gasteiger partial charge in [0.15, 0.2) is 0 Å². The normalized spacial score (nSPS) is 10.7. The highest BCUT2D eigenvalue weighted by Crippen LogP contribution is 2.19. The van der Waals surface area contributed by atoms with Crippen LogP contribution in [0.4, 0.5) is 5.82 Å². The van der Waals surface area contributed by atoms with Crippen LogP contribution in [0.15, 0.2) is 18.3 Å². The lowest BCUT2D eigenvalue weighted by Gasteiger charge is -2.29. The lowest BCUT2D eigenvalue weighted by atomic mass is 10.2. The lowest BCUT2D eigenvalue weighted by Crippen LogP contribution is -2.33. The standard InChI is InChI=1S/C14H23N3/c1-10(2)7-8-17(11(3)4)14-12(5)9-15-13(6)16-14/h9,11H,1,7-8H2,2-6H3. The molecule has 94 valence electrons. The van der Waals surface area contributed by atoms with Crippen molar-refractivity contribution in [3.8, 4) is 0 Å². The fourth-order valence-electron chi connectivity index (χ4n) is 1.73. The van der Waals surface area contributed by atoms with Crippen molar-refractivity contribution in [3.63, 3.8) is 0 Å². The molecule has 0 aromatic carbocycles. The molecule has 0 radical (unpaired) electrons. The van der Waals surface area contributed by atoms with E-state index < -0.39 is 0 Å². The predicted octanol–water partition coefficient (Wildman–Crippen LogP) is 3.27. The van der Waals surface area contributed by atoms with E-state index in [0.717, 1.165) is 30.2 Å². The monoisotopic (exact) mass is 233 g/mol. The van der Waals surface area contributed by atoms with Gasteiger partial charge in [0.2, 0.25) is 0 Å². The summed E-state index contributed by atoms with van der Waals surface area (Å²) in [5.74, 6) is 1.88. The van der Waals surface area contributed by atoms with Crippen LogP contribution in [0.3, 0.4) is 0 Å². The molecule has 1 aromatic heterocycles. The Bertz CT molecular complexity index is 396. The van der Waals surface area contributed by atoms with Crippen LogP contribution < -0.4 is 4.90 Å². The molecule has 0 spiro atoms. The Morgan fingerprint density at radius 1 is 1.41 bits per heavy atom. The molecule has 0 aliphatic heterocycles. The summed E-state index contributed by atoms with van der Waals surface area (Å²) in [6, 6.07) is 0.433. The first-order valence-electron chi connectivity index (χ1n) is 6.13. The summed E-state index contributed by atoms with van der Waals surface area (Å²) < 4.78 is 0. The summed E-state index contributed by atoms with van der Waals surface area (Å²) in [7, 11) is 0. The second kappa shape index (κ2) is 5.80. The Hall–Kier alpha value is -1.38. The smallest absolute Gasteiger partial charge is 0.135 e. The van der Waals surface area contributed by atoms with Crippen molar-refractivity contribution in [1.82, 2.24) is 9.97 Å². The van der Waals surface area contributed by atoms with Crippen LogP contribution in [-0.2, 0) is 0 Å². The molecule has 0 bridgehead atoms.